The molecule has 102 valence electrons. The number of nitrogens with zero attached hydrogens (tertiary/aromatic N) is 1. The van der Waals surface area contributed by atoms with Gasteiger partial charge in [-0.2, -0.15) is 0 Å². The molecule has 0 bridgehead atoms. The molecule has 1 heterocycles. The molecular weight excluding hydrogens is 272 g/mol. The number of nitro benzene ring substituents is 1. The van der Waals surface area contributed by atoms with Gasteiger partial charge in [-0.1, -0.05) is 12.1 Å². The first-order valence-corrected chi connectivity index (χ1v) is 7.13. The molecule has 1 aliphatic rings. The first kappa shape index (κ1) is 13.3. The van der Waals surface area contributed by atoms with Gasteiger partial charge in [-0.3, -0.25) is 10.1 Å². The van der Waals surface area contributed by atoms with Crippen LogP contribution >= 0.6 is 0 Å². The summed E-state index contributed by atoms with van der Waals surface area (Å²) in [5.41, 5.74) is 0.0267. The summed E-state index contributed by atoms with van der Waals surface area (Å²) in [6, 6.07) is 4.11. The number of para-hydroxylation sites is 1. The van der Waals surface area contributed by atoms with E-state index < -0.39 is 20.8 Å². The second kappa shape index (κ2) is 4.88. The fourth-order valence-electron chi connectivity index (χ4n) is 1.86. The van der Waals surface area contributed by atoms with Crippen molar-refractivity contribution in [2.75, 3.05) is 18.2 Å². The number of rotatable bonds is 4. The molecule has 0 fully saturated rings. The number of nitro groups is 1. The van der Waals surface area contributed by atoms with Crippen LogP contribution in [0.3, 0.4) is 0 Å². The van der Waals surface area contributed by atoms with Crippen molar-refractivity contribution in [2.45, 2.75) is 6.04 Å². The number of hydrogen-bond donors (Lipinski definition) is 1. The molecule has 7 nitrogen and oxygen atoms in total. The van der Waals surface area contributed by atoms with Gasteiger partial charge < -0.3 is 10.1 Å². The number of nitrogens with one attached hydrogen (secondary N) is 1. The van der Waals surface area contributed by atoms with E-state index in [1.165, 1.54) is 25.3 Å². The van der Waals surface area contributed by atoms with E-state index in [0.717, 1.165) is 5.41 Å². The van der Waals surface area contributed by atoms with E-state index in [1.807, 2.05) is 0 Å². The van der Waals surface area contributed by atoms with E-state index >= 15 is 0 Å². The minimum Gasteiger partial charge on any atom is -0.490 e. The summed E-state index contributed by atoms with van der Waals surface area (Å²) in [6.45, 7) is 0. The molecule has 0 spiro atoms. The molecule has 2 rings (SSSR count). The second-order valence-electron chi connectivity index (χ2n) is 4.02. The van der Waals surface area contributed by atoms with Gasteiger partial charge in [0.25, 0.3) is 0 Å². The third kappa shape index (κ3) is 2.84. The Morgan fingerprint density at radius 2 is 2.21 bits per heavy atom. The maximum Gasteiger partial charge on any atom is 0.333 e. The van der Waals surface area contributed by atoms with Crippen LogP contribution in [-0.2, 0) is 9.84 Å². The predicted molar refractivity (Wildman–Crippen MR) is 70.0 cm³/mol. The van der Waals surface area contributed by atoms with Gasteiger partial charge in [-0.25, -0.2) is 8.42 Å². The summed E-state index contributed by atoms with van der Waals surface area (Å²) >= 11 is 0. The maximum absolute atomic E-state index is 11.3. The highest BCUT2D eigenvalue weighted by Gasteiger charge is 2.26. The lowest BCUT2D eigenvalue weighted by Gasteiger charge is -2.13. The van der Waals surface area contributed by atoms with Crippen molar-refractivity contribution >= 4 is 21.2 Å². The molecule has 0 saturated heterocycles. The molecule has 1 atom stereocenters. The lowest BCUT2D eigenvalue weighted by atomic mass is 10.2. The van der Waals surface area contributed by atoms with Crippen LogP contribution in [0.2, 0.25) is 0 Å². The van der Waals surface area contributed by atoms with Crippen LogP contribution in [0.15, 0.2) is 29.7 Å². The Labute approximate surface area is 110 Å². The smallest absolute Gasteiger partial charge is 0.333 e. The highest BCUT2D eigenvalue weighted by molar-refractivity contribution is 7.94. The van der Waals surface area contributed by atoms with Crippen molar-refractivity contribution < 1.29 is 18.1 Å². The fourth-order valence-corrected chi connectivity index (χ4v) is 3.09. The molecule has 1 N–H and O–H groups in total. The van der Waals surface area contributed by atoms with Gasteiger partial charge in [0, 0.05) is 5.41 Å². The van der Waals surface area contributed by atoms with E-state index in [2.05, 4.69) is 5.32 Å². The maximum atomic E-state index is 11.3. The Morgan fingerprint density at radius 3 is 2.74 bits per heavy atom. The van der Waals surface area contributed by atoms with Crippen molar-refractivity contribution in [2.24, 2.45) is 0 Å². The average molecular weight is 284 g/mol. The van der Waals surface area contributed by atoms with Gasteiger partial charge >= 0.3 is 5.69 Å². The Balaban J connectivity index is 2.31. The van der Waals surface area contributed by atoms with Gasteiger partial charge in [0.15, 0.2) is 15.6 Å². The first-order chi connectivity index (χ1) is 8.93. The standard InChI is InChI=1S/C11H12N2O5S/c1-18-10-4-2-3-9(11(10)13(14)15)12-8-5-6-19(16,17)7-8/h2-6,8,12H,7H2,1H3. The fraction of sp³-hybridized carbons (Fsp3) is 0.273. The zero-order chi connectivity index (χ0) is 14.0. The zero-order valence-electron chi connectivity index (χ0n) is 10.1. The number of benzene rings is 1. The molecular formula is C11H12N2O5S. The lowest BCUT2D eigenvalue weighted by Crippen LogP contribution is -2.21. The summed E-state index contributed by atoms with van der Waals surface area (Å²) in [6.07, 6.45) is 1.47. The SMILES string of the molecule is COc1cccc(NC2C=CS(=O)(=O)C2)c1[N+](=O)[O-]. The van der Waals surface area contributed by atoms with Gasteiger partial charge in [-0.05, 0) is 12.1 Å². The highest BCUT2D eigenvalue weighted by Crippen LogP contribution is 2.35. The van der Waals surface area contributed by atoms with Crippen LogP contribution in [0, 0.1) is 10.1 Å². The van der Waals surface area contributed by atoms with Gasteiger partial charge in [0.2, 0.25) is 0 Å². The third-order valence-electron chi connectivity index (χ3n) is 2.67. The quantitative estimate of drug-likeness (QED) is 0.661. The summed E-state index contributed by atoms with van der Waals surface area (Å²) in [4.78, 5) is 10.5. The Kier molecular flexibility index (Phi) is 3.43. The van der Waals surface area contributed by atoms with Gasteiger partial charge in [0.05, 0.1) is 23.8 Å². The van der Waals surface area contributed by atoms with Crippen molar-refractivity contribution in [1.29, 1.82) is 0 Å². The molecule has 0 aliphatic carbocycles. The van der Waals surface area contributed by atoms with E-state index in [-0.39, 0.29) is 22.9 Å². The van der Waals surface area contributed by atoms with Crippen LogP contribution in [0.1, 0.15) is 0 Å². The summed E-state index contributed by atoms with van der Waals surface area (Å²) in [5.74, 6) is 0.0151. The average Bonchev–Trinajstić information content (AvgIpc) is 2.68. The molecule has 0 amide bonds. The molecule has 0 radical (unpaired) electrons. The topological polar surface area (TPSA) is 98.5 Å². The molecule has 0 saturated carbocycles. The largest absolute Gasteiger partial charge is 0.490 e. The van der Waals surface area contributed by atoms with E-state index in [1.54, 1.807) is 6.07 Å². The minimum absolute atomic E-state index is 0.110. The number of sulfone groups is 1. The molecule has 8 heteroatoms. The minimum atomic E-state index is -3.21. The second-order valence-corrected chi connectivity index (χ2v) is 5.95. The molecule has 1 unspecified atom stereocenters. The lowest BCUT2D eigenvalue weighted by molar-refractivity contribution is -0.384. The van der Waals surface area contributed by atoms with E-state index in [9.17, 15) is 18.5 Å². The molecule has 19 heavy (non-hydrogen) atoms. The highest BCUT2D eigenvalue weighted by atomic mass is 32.2. The molecule has 1 aliphatic heterocycles. The predicted octanol–water partition coefficient (Wildman–Crippen LogP) is 1.33. The van der Waals surface area contributed by atoms with Crippen LogP contribution in [-0.4, -0.2) is 32.2 Å². The van der Waals surface area contributed by atoms with Crippen molar-refractivity contribution in [3.8, 4) is 5.75 Å². The number of hydrogen-bond acceptors (Lipinski definition) is 6. The van der Waals surface area contributed by atoms with Crippen molar-refractivity contribution in [3.05, 3.63) is 39.8 Å². The zero-order valence-corrected chi connectivity index (χ0v) is 10.9. The number of ether oxygens (including phenoxy) is 1. The molecule has 1 aromatic rings. The molecule has 1 aromatic carbocycles. The van der Waals surface area contributed by atoms with Crippen LogP contribution in [0.5, 0.6) is 5.75 Å². The number of anilines is 1. The van der Waals surface area contributed by atoms with Crippen LogP contribution in [0.25, 0.3) is 0 Å². The van der Waals surface area contributed by atoms with Gasteiger partial charge in [0.1, 0.15) is 5.69 Å². The van der Waals surface area contributed by atoms with Crippen LogP contribution in [0.4, 0.5) is 11.4 Å². The Hall–Kier alpha value is -2.09. The normalized spacial score (nSPS) is 20.2. The summed E-state index contributed by atoms with van der Waals surface area (Å²) in [5, 5.41) is 15.0. The third-order valence-corrected chi connectivity index (χ3v) is 4.07. The first-order valence-electron chi connectivity index (χ1n) is 5.42. The number of methoxy groups -OCH3 is 1. The van der Waals surface area contributed by atoms with E-state index in [0.29, 0.717) is 0 Å². The van der Waals surface area contributed by atoms with Crippen molar-refractivity contribution in [1.82, 2.24) is 0 Å². The van der Waals surface area contributed by atoms with Crippen molar-refractivity contribution in [3.63, 3.8) is 0 Å². The summed E-state index contributed by atoms with van der Waals surface area (Å²) < 4.78 is 27.5. The monoisotopic (exact) mass is 284 g/mol. The van der Waals surface area contributed by atoms with E-state index in [4.69, 9.17) is 4.74 Å². The summed E-state index contributed by atoms with van der Waals surface area (Å²) in [7, 11) is -1.87. The van der Waals surface area contributed by atoms with Crippen LogP contribution < -0.4 is 10.1 Å². The Bertz CT molecular complexity index is 638. The Morgan fingerprint density at radius 1 is 1.47 bits per heavy atom. The van der Waals surface area contributed by atoms with Gasteiger partial charge in [-0.15, -0.1) is 0 Å². The molecule has 0 aromatic heterocycles.